The van der Waals surface area contributed by atoms with Crippen molar-refractivity contribution in [2.45, 2.75) is 26.8 Å². The summed E-state index contributed by atoms with van der Waals surface area (Å²) < 4.78 is 6.39. The fourth-order valence-corrected chi connectivity index (χ4v) is 2.39. The first-order chi connectivity index (χ1) is 12.9. The zero-order chi connectivity index (χ0) is 19.8. The molecule has 1 heterocycles. The number of aryl methyl sites for hydroxylation is 1. The number of anilines is 2. The third kappa shape index (κ3) is 5.60. The second-order valence-corrected chi connectivity index (χ2v) is 5.94. The molecule has 1 aromatic heterocycles. The van der Waals surface area contributed by atoms with Crippen LogP contribution in [-0.2, 0) is 11.3 Å². The van der Waals surface area contributed by atoms with E-state index in [-0.39, 0.29) is 18.1 Å². The normalized spacial score (nSPS) is 10.2. The number of ether oxygens (including phenoxy) is 1. The molecule has 0 saturated carbocycles. The number of carbonyl (C=O) groups is 2. The number of amides is 3. The van der Waals surface area contributed by atoms with Gasteiger partial charge in [-0.05, 0) is 49.7 Å². The van der Waals surface area contributed by atoms with E-state index in [1.807, 2.05) is 6.92 Å². The second-order valence-electron chi connectivity index (χ2n) is 5.94. The van der Waals surface area contributed by atoms with Crippen LogP contribution in [0.1, 0.15) is 19.0 Å². The van der Waals surface area contributed by atoms with Crippen molar-refractivity contribution in [2.75, 3.05) is 24.3 Å². The Kier molecular flexibility index (Phi) is 6.99. The molecule has 3 amide bonds. The Bertz CT molecular complexity index is 859. The van der Waals surface area contributed by atoms with Gasteiger partial charge in [0, 0.05) is 17.9 Å². The molecule has 1 aromatic carbocycles. The van der Waals surface area contributed by atoms with E-state index in [1.165, 1.54) is 10.6 Å². The van der Waals surface area contributed by atoms with E-state index in [1.54, 1.807) is 44.4 Å². The average molecular weight is 372 g/mol. The Morgan fingerprint density at radius 2 is 1.78 bits per heavy atom. The van der Waals surface area contributed by atoms with Crippen LogP contribution in [-0.4, -0.2) is 30.2 Å². The van der Waals surface area contributed by atoms with E-state index in [2.05, 4.69) is 16.0 Å². The van der Waals surface area contributed by atoms with Gasteiger partial charge in [0.2, 0.25) is 5.91 Å². The molecule has 2 rings (SSSR count). The van der Waals surface area contributed by atoms with Crippen molar-refractivity contribution in [3.8, 4) is 5.75 Å². The molecular formula is C19H24N4O4. The number of methoxy groups -OCH3 is 1. The molecule has 0 aliphatic heterocycles. The highest BCUT2D eigenvalue weighted by molar-refractivity contribution is 5.99. The third-order valence-corrected chi connectivity index (χ3v) is 3.86. The molecule has 8 nitrogen and oxygen atoms in total. The fourth-order valence-electron chi connectivity index (χ4n) is 2.39. The molecule has 0 atom stereocenters. The number of urea groups is 1. The summed E-state index contributed by atoms with van der Waals surface area (Å²) in [5, 5.41) is 7.89. The lowest BCUT2D eigenvalue weighted by molar-refractivity contribution is -0.121. The van der Waals surface area contributed by atoms with Gasteiger partial charge >= 0.3 is 6.03 Å². The van der Waals surface area contributed by atoms with Gasteiger partial charge in [-0.2, -0.15) is 0 Å². The lowest BCUT2D eigenvalue weighted by atomic mass is 10.3. The first-order valence-corrected chi connectivity index (χ1v) is 8.63. The smallest absolute Gasteiger partial charge is 0.323 e. The van der Waals surface area contributed by atoms with Gasteiger partial charge in [-0.25, -0.2) is 4.79 Å². The standard InChI is InChI=1S/C19H24N4O4/c1-4-11-20-17(24)12-23-13(2)5-10-16(18(23)25)22-19(26)21-14-6-8-15(27-3)9-7-14/h5-10H,4,11-12H2,1-3H3,(H,20,24)(H2,21,22,26). The van der Waals surface area contributed by atoms with Gasteiger partial charge in [0.15, 0.2) is 0 Å². The lowest BCUT2D eigenvalue weighted by Crippen LogP contribution is -2.35. The molecule has 27 heavy (non-hydrogen) atoms. The first-order valence-electron chi connectivity index (χ1n) is 8.63. The molecule has 144 valence electrons. The van der Waals surface area contributed by atoms with Gasteiger partial charge in [-0.15, -0.1) is 0 Å². The minimum atomic E-state index is -0.553. The Hall–Kier alpha value is -3.29. The average Bonchev–Trinajstić information content (AvgIpc) is 2.66. The predicted octanol–water partition coefficient (Wildman–Crippen LogP) is 2.34. The van der Waals surface area contributed by atoms with Crippen molar-refractivity contribution in [1.29, 1.82) is 0 Å². The monoisotopic (exact) mass is 372 g/mol. The Balaban J connectivity index is 2.09. The number of hydrogen-bond acceptors (Lipinski definition) is 4. The molecule has 0 radical (unpaired) electrons. The summed E-state index contributed by atoms with van der Waals surface area (Å²) >= 11 is 0. The van der Waals surface area contributed by atoms with Gasteiger partial charge < -0.3 is 25.3 Å². The summed E-state index contributed by atoms with van der Waals surface area (Å²) in [5.41, 5.74) is 0.842. The van der Waals surface area contributed by atoms with Gasteiger partial charge in [0.1, 0.15) is 18.0 Å². The van der Waals surface area contributed by atoms with Crippen LogP contribution in [0.5, 0.6) is 5.75 Å². The summed E-state index contributed by atoms with van der Waals surface area (Å²) in [6, 6.07) is 9.44. The van der Waals surface area contributed by atoms with Crippen molar-refractivity contribution in [1.82, 2.24) is 9.88 Å². The number of rotatable bonds is 7. The number of benzene rings is 1. The molecule has 3 N–H and O–H groups in total. The van der Waals surface area contributed by atoms with Gasteiger partial charge in [-0.1, -0.05) is 6.92 Å². The summed E-state index contributed by atoms with van der Waals surface area (Å²) in [4.78, 5) is 36.7. The van der Waals surface area contributed by atoms with Crippen LogP contribution in [0.4, 0.5) is 16.2 Å². The number of nitrogens with zero attached hydrogens (tertiary/aromatic N) is 1. The van der Waals surface area contributed by atoms with Crippen LogP contribution in [0, 0.1) is 6.92 Å². The summed E-state index contributed by atoms with van der Waals surface area (Å²) in [7, 11) is 1.56. The molecule has 0 aliphatic carbocycles. The van der Waals surface area contributed by atoms with E-state index in [0.717, 1.165) is 6.42 Å². The molecule has 0 unspecified atom stereocenters. The molecular weight excluding hydrogens is 348 g/mol. The van der Waals surface area contributed by atoms with E-state index < -0.39 is 11.6 Å². The van der Waals surface area contributed by atoms with Crippen LogP contribution in [0.15, 0.2) is 41.2 Å². The van der Waals surface area contributed by atoms with Crippen LogP contribution >= 0.6 is 0 Å². The zero-order valence-electron chi connectivity index (χ0n) is 15.7. The summed E-state index contributed by atoms with van der Waals surface area (Å²) in [6.07, 6.45) is 0.812. The Labute approximate surface area is 157 Å². The van der Waals surface area contributed by atoms with Gasteiger partial charge in [0.25, 0.3) is 5.56 Å². The quantitative estimate of drug-likeness (QED) is 0.694. The molecule has 2 aromatic rings. The Morgan fingerprint density at radius 3 is 2.41 bits per heavy atom. The maximum Gasteiger partial charge on any atom is 0.323 e. The zero-order valence-corrected chi connectivity index (χ0v) is 15.7. The molecule has 0 saturated heterocycles. The van der Waals surface area contributed by atoms with Crippen molar-refractivity contribution in [3.63, 3.8) is 0 Å². The van der Waals surface area contributed by atoms with Crippen molar-refractivity contribution >= 4 is 23.3 Å². The van der Waals surface area contributed by atoms with Gasteiger partial charge in [-0.3, -0.25) is 9.59 Å². The molecule has 0 bridgehead atoms. The van der Waals surface area contributed by atoms with Crippen molar-refractivity contribution in [2.24, 2.45) is 0 Å². The van der Waals surface area contributed by atoms with Crippen LogP contribution in [0.3, 0.4) is 0 Å². The van der Waals surface area contributed by atoms with Crippen molar-refractivity contribution < 1.29 is 14.3 Å². The maximum atomic E-state index is 12.6. The number of nitrogens with one attached hydrogen (secondary N) is 3. The van der Waals surface area contributed by atoms with Crippen LogP contribution in [0.25, 0.3) is 0 Å². The number of hydrogen-bond donors (Lipinski definition) is 3. The SMILES string of the molecule is CCCNC(=O)Cn1c(C)ccc(NC(=O)Nc2ccc(OC)cc2)c1=O. The molecule has 0 fully saturated rings. The number of carbonyl (C=O) groups excluding carboxylic acids is 2. The van der Waals surface area contributed by atoms with E-state index in [9.17, 15) is 14.4 Å². The molecule has 0 aliphatic rings. The largest absolute Gasteiger partial charge is 0.497 e. The first kappa shape index (κ1) is 20.0. The van der Waals surface area contributed by atoms with Crippen LogP contribution in [0.2, 0.25) is 0 Å². The highest BCUT2D eigenvalue weighted by Crippen LogP contribution is 2.15. The fraction of sp³-hybridized carbons (Fsp3) is 0.316. The minimum Gasteiger partial charge on any atom is -0.497 e. The van der Waals surface area contributed by atoms with E-state index in [0.29, 0.717) is 23.7 Å². The van der Waals surface area contributed by atoms with E-state index in [4.69, 9.17) is 4.74 Å². The maximum absolute atomic E-state index is 12.6. The lowest BCUT2D eigenvalue weighted by Gasteiger charge is -2.13. The summed E-state index contributed by atoms with van der Waals surface area (Å²) in [6.45, 7) is 4.13. The minimum absolute atomic E-state index is 0.0925. The highest BCUT2D eigenvalue weighted by Gasteiger charge is 2.12. The highest BCUT2D eigenvalue weighted by atomic mass is 16.5. The summed E-state index contributed by atoms with van der Waals surface area (Å²) in [5.74, 6) is 0.422. The number of aromatic nitrogens is 1. The van der Waals surface area contributed by atoms with Crippen molar-refractivity contribution in [3.05, 3.63) is 52.4 Å². The van der Waals surface area contributed by atoms with Gasteiger partial charge in [0.05, 0.1) is 7.11 Å². The van der Waals surface area contributed by atoms with Crippen LogP contribution < -0.4 is 26.2 Å². The third-order valence-electron chi connectivity index (χ3n) is 3.86. The van der Waals surface area contributed by atoms with E-state index >= 15 is 0 Å². The predicted molar refractivity (Wildman–Crippen MR) is 104 cm³/mol. The second kappa shape index (κ2) is 9.42. The topological polar surface area (TPSA) is 101 Å². The number of pyridine rings is 1. The molecule has 0 spiro atoms. The molecule has 8 heteroatoms. The Morgan fingerprint density at radius 1 is 1.07 bits per heavy atom.